The van der Waals surface area contributed by atoms with Gasteiger partial charge in [0, 0.05) is 36.1 Å². The summed E-state index contributed by atoms with van der Waals surface area (Å²) in [5.41, 5.74) is -0.526. The van der Waals surface area contributed by atoms with Crippen molar-refractivity contribution in [2.45, 2.75) is 44.7 Å². The van der Waals surface area contributed by atoms with E-state index in [4.69, 9.17) is 11.6 Å². The van der Waals surface area contributed by atoms with Crippen LogP contribution in [-0.2, 0) is 17.8 Å². The molecule has 184 valence electrons. The van der Waals surface area contributed by atoms with E-state index in [2.05, 4.69) is 20.2 Å². The number of benzene rings is 1. The van der Waals surface area contributed by atoms with E-state index in [1.807, 2.05) is 5.38 Å². The molecular formula is C25H25ClF2N4O2S. The first-order valence-electron chi connectivity index (χ1n) is 11.6. The Labute approximate surface area is 211 Å². The summed E-state index contributed by atoms with van der Waals surface area (Å²) in [6.45, 7) is 0.835. The molecule has 2 aromatic heterocycles. The number of carboxylic acid groups (broad SMARTS) is 1. The summed E-state index contributed by atoms with van der Waals surface area (Å²) in [6, 6.07) is 7.75. The first kappa shape index (κ1) is 24.1. The molecule has 2 fully saturated rings. The van der Waals surface area contributed by atoms with E-state index in [1.165, 1.54) is 29.5 Å². The van der Waals surface area contributed by atoms with Crippen LogP contribution in [0.2, 0.25) is 5.02 Å². The summed E-state index contributed by atoms with van der Waals surface area (Å²) in [4.78, 5) is 23.3. The molecule has 3 aromatic rings. The number of carbonyl (C=O) groups is 1. The van der Waals surface area contributed by atoms with Crippen molar-refractivity contribution in [2.24, 2.45) is 11.3 Å². The van der Waals surface area contributed by atoms with Gasteiger partial charge in [-0.15, -0.1) is 11.3 Å². The number of thiazole rings is 1. The Bertz CT molecular complexity index is 1220. The quantitative estimate of drug-likeness (QED) is 0.386. The van der Waals surface area contributed by atoms with Crippen LogP contribution in [0.1, 0.15) is 36.9 Å². The van der Waals surface area contributed by atoms with E-state index < -0.39 is 23.0 Å². The van der Waals surface area contributed by atoms with Gasteiger partial charge in [-0.2, -0.15) is 0 Å². The van der Waals surface area contributed by atoms with Crippen molar-refractivity contribution in [3.63, 3.8) is 0 Å². The molecule has 5 rings (SSSR count). The highest BCUT2D eigenvalue weighted by Gasteiger charge is 2.50. The molecule has 2 aliphatic rings. The lowest BCUT2D eigenvalue weighted by Crippen LogP contribution is -2.51. The molecule has 10 heteroatoms. The van der Waals surface area contributed by atoms with Crippen LogP contribution < -0.4 is 5.32 Å². The number of piperidine rings is 1. The van der Waals surface area contributed by atoms with Crippen molar-refractivity contribution in [2.75, 3.05) is 11.9 Å². The number of hydrogen-bond donors (Lipinski definition) is 2. The zero-order chi connectivity index (χ0) is 24.6. The Balaban J connectivity index is 1.38. The largest absolute Gasteiger partial charge is 0.481 e. The van der Waals surface area contributed by atoms with Gasteiger partial charge in [0.05, 0.1) is 16.1 Å². The second-order valence-electron chi connectivity index (χ2n) is 9.39. The van der Waals surface area contributed by atoms with E-state index in [0.717, 1.165) is 12.8 Å². The van der Waals surface area contributed by atoms with E-state index >= 15 is 0 Å². The van der Waals surface area contributed by atoms with Crippen molar-refractivity contribution >= 4 is 39.9 Å². The molecule has 1 saturated heterocycles. The predicted octanol–water partition coefficient (Wildman–Crippen LogP) is 5.90. The number of halogens is 3. The Morgan fingerprint density at radius 1 is 1.29 bits per heavy atom. The predicted molar refractivity (Wildman–Crippen MR) is 131 cm³/mol. The molecule has 3 heterocycles. The fourth-order valence-corrected chi connectivity index (χ4v) is 5.74. The zero-order valence-electron chi connectivity index (χ0n) is 18.9. The summed E-state index contributed by atoms with van der Waals surface area (Å²) < 4.78 is 29.4. The normalized spacial score (nSPS) is 22.8. The van der Waals surface area contributed by atoms with Crippen molar-refractivity contribution in [3.05, 3.63) is 69.8 Å². The minimum absolute atomic E-state index is 0.00978. The number of aliphatic carboxylic acids is 1. The molecule has 1 aliphatic heterocycles. The van der Waals surface area contributed by atoms with E-state index in [9.17, 15) is 18.7 Å². The lowest BCUT2D eigenvalue weighted by molar-refractivity contribution is -0.154. The van der Waals surface area contributed by atoms with Crippen LogP contribution in [0.4, 0.5) is 19.7 Å². The molecular weight excluding hydrogens is 494 g/mol. The van der Waals surface area contributed by atoms with Crippen molar-refractivity contribution in [1.29, 1.82) is 0 Å². The molecule has 0 bridgehead atoms. The maximum Gasteiger partial charge on any atom is 0.310 e. The van der Waals surface area contributed by atoms with Gasteiger partial charge in [0.15, 0.2) is 5.13 Å². The molecule has 35 heavy (non-hydrogen) atoms. The van der Waals surface area contributed by atoms with Gasteiger partial charge in [-0.3, -0.25) is 9.69 Å². The molecule has 1 aliphatic carbocycles. The summed E-state index contributed by atoms with van der Waals surface area (Å²) in [5, 5.41) is 15.9. The number of aromatic nitrogens is 2. The van der Waals surface area contributed by atoms with Gasteiger partial charge in [0.2, 0.25) is 0 Å². The topological polar surface area (TPSA) is 78.3 Å². The number of anilines is 2. The van der Waals surface area contributed by atoms with Crippen molar-refractivity contribution in [1.82, 2.24) is 14.9 Å². The first-order chi connectivity index (χ1) is 16.8. The Morgan fingerprint density at radius 2 is 2.11 bits per heavy atom. The van der Waals surface area contributed by atoms with Crippen LogP contribution in [0.15, 0.2) is 41.9 Å². The van der Waals surface area contributed by atoms with Crippen LogP contribution in [0.25, 0.3) is 0 Å². The van der Waals surface area contributed by atoms with Gasteiger partial charge in [0.25, 0.3) is 0 Å². The third-order valence-electron chi connectivity index (χ3n) is 7.06. The summed E-state index contributed by atoms with van der Waals surface area (Å²) in [5.74, 6) is -1.14. The summed E-state index contributed by atoms with van der Waals surface area (Å²) in [6.07, 6.45) is 4.34. The fraction of sp³-hybridized carbons (Fsp3) is 0.400. The third-order valence-corrected chi connectivity index (χ3v) is 8.04. The van der Waals surface area contributed by atoms with Gasteiger partial charge >= 0.3 is 5.97 Å². The van der Waals surface area contributed by atoms with Gasteiger partial charge in [-0.25, -0.2) is 18.7 Å². The second kappa shape index (κ2) is 9.79. The fourth-order valence-electron chi connectivity index (χ4n) is 5.01. The lowest BCUT2D eigenvalue weighted by Gasteiger charge is -2.45. The van der Waals surface area contributed by atoms with Crippen LogP contribution in [0, 0.1) is 23.0 Å². The molecule has 2 N–H and O–H groups in total. The van der Waals surface area contributed by atoms with Gasteiger partial charge < -0.3 is 10.4 Å². The number of nitrogens with zero attached hydrogens (tertiary/aromatic N) is 3. The van der Waals surface area contributed by atoms with E-state index in [0.29, 0.717) is 48.4 Å². The number of hydrogen-bond acceptors (Lipinski definition) is 6. The second-order valence-corrected chi connectivity index (χ2v) is 10.7. The van der Waals surface area contributed by atoms with Crippen LogP contribution in [0.3, 0.4) is 0 Å². The Kier molecular flexibility index (Phi) is 6.74. The van der Waals surface area contributed by atoms with Gasteiger partial charge in [0.1, 0.15) is 17.5 Å². The number of pyridine rings is 1. The lowest BCUT2D eigenvalue weighted by atomic mass is 9.71. The highest BCUT2D eigenvalue weighted by atomic mass is 35.5. The summed E-state index contributed by atoms with van der Waals surface area (Å²) >= 11 is 7.36. The van der Waals surface area contributed by atoms with Crippen molar-refractivity contribution < 1.29 is 18.7 Å². The van der Waals surface area contributed by atoms with E-state index in [1.54, 1.807) is 18.3 Å². The molecule has 2 atom stereocenters. The standard InChI is InChI=1S/C25H25ClF2N4O2S/c26-17-3-1-2-16(22(17)28)14-32-10-8-25(23(33)34,13-20(32)15-4-5-15)12-19-18(27)6-7-21(30-19)31-24-29-9-11-35-24/h1-3,6-7,9,11,15,20H,4-5,8,10,12-14H2,(H,33,34)(H,29,30,31). The minimum atomic E-state index is -1.15. The third kappa shape index (κ3) is 5.17. The molecule has 0 radical (unpaired) electrons. The molecule has 1 aromatic carbocycles. The van der Waals surface area contributed by atoms with Gasteiger partial charge in [-0.1, -0.05) is 23.7 Å². The minimum Gasteiger partial charge on any atom is -0.481 e. The highest BCUT2D eigenvalue weighted by molar-refractivity contribution is 7.13. The van der Waals surface area contributed by atoms with Crippen LogP contribution >= 0.6 is 22.9 Å². The maximum absolute atomic E-state index is 14.8. The molecule has 2 unspecified atom stereocenters. The number of likely N-dealkylation sites (tertiary alicyclic amines) is 1. The maximum atomic E-state index is 14.8. The van der Waals surface area contributed by atoms with Crippen LogP contribution in [0.5, 0.6) is 0 Å². The SMILES string of the molecule is O=C(O)C1(Cc2nc(Nc3nccs3)ccc2F)CCN(Cc2cccc(Cl)c2F)C(C2CC2)C1. The Morgan fingerprint density at radius 3 is 2.83 bits per heavy atom. The number of nitrogens with one attached hydrogen (secondary N) is 1. The molecule has 1 saturated carbocycles. The Hall–Kier alpha value is -2.62. The average molecular weight is 519 g/mol. The summed E-state index contributed by atoms with van der Waals surface area (Å²) in [7, 11) is 0. The molecule has 0 spiro atoms. The highest BCUT2D eigenvalue weighted by Crippen LogP contribution is 2.47. The van der Waals surface area contributed by atoms with E-state index in [-0.39, 0.29) is 23.2 Å². The zero-order valence-corrected chi connectivity index (χ0v) is 20.5. The molecule has 0 amide bonds. The monoisotopic (exact) mass is 518 g/mol. The average Bonchev–Trinajstić information content (AvgIpc) is 3.56. The van der Waals surface area contributed by atoms with Crippen molar-refractivity contribution in [3.8, 4) is 0 Å². The number of rotatable bonds is 8. The van der Waals surface area contributed by atoms with Crippen LogP contribution in [-0.4, -0.2) is 38.5 Å². The van der Waals surface area contributed by atoms with Gasteiger partial charge in [-0.05, 0) is 56.3 Å². The smallest absolute Gasteiger partial charge is 0.310 e. The molecule has 6 nitrogen and oxygen atoms in total. The number of carboxylic acids is 1. The first-order valence-corrected chi connectivity index (χ1v) is 12.8.